The molecule has 2 rings (SSSR count). The Hall–Kier alpha value is -1.62. The van der Waals surface area contributed by atoms with Crippen LogP contribution in [-0.4, -0.2) is 25.3 Å². The monoisotopic (exact) mass is 409 g/mol. The lowest BCUT2D eigenvalue weighted by molar-refractivity contribution is 0.0956. The number of benzene rings is 2. The summed E-state index contributed by atoms with van der Waals surface area (Å²) >= 11 is 13.6. The van der Waals surface area contributed by atoms with Crippen LogP contribution in [-0.2, 0) is 12.2 Å². The summed E-state index contributed by atoms with van der Waals surface area (Å²) in [5.41, 5.74) is 2.68. The van der Waals surface area contributed by atoms with E-state index >= 15 is 0 Å². The van der Waals surface area contributed by atoms with Gasteiger partial charge in [0.2, 0.25) is 0 Å². The van der Waals surface area contributed by atoms with E-state index in [1.807, 2.05) is 24.3 Å². The summed E-state index contributed by atoms with van der Waals surface area (Å²) in [6.45, 7) is 4.33. The second-order valence-electron chi connectivity index (χ2n) is 5.58. The van der Waals surface area contributed by atoms with Gasteiger partial charge in [0, 0.05) is 23.6 Å². The normalized spacial score (nSPS) is 10.4. The molecule has 0 aliphatic heterocycles. The number of thioether (sulfide) groups is 1. The number of carbonyl (C=O) groups excluding carboxylic acids is 1. The van der Waals surface area contributed by atoms with Crippen LogP contribution in [0.1, 0.15) is 21.5 Å². The van der Waals surface area contributed by atoms with Gasteiger partial charge in [0.05, 0.1) is 17.2 Å². The molecule has 0 unspecified atom stereocenters. The van der Waals surface area contributed by atoms with Gasteiger partial charge in [-0.2, -0.15) is 11.8 Å². The SMILES string of the molecule is C=CCc1cc(C(=O)NCCSCc2ccc(Cl)c(Cl)c2)ccc1OC. The molecule has 0 saturated heterocycles. The lowest BCUT2D eigenvalue weighted by atomic mass is 10.1. The average Bonchev–Trinajstić information content (AvgIpc) is 2.64. The van der Waals surface area contributed by atoms with Crippen molar-refractivity contribution in [1.82, 2.24) is 5.32 Å². The van der Waals surface area contributed by atoms with Gasteiger partial charge in [0.25, 0.3) is 5.91 Å². The molecule has 0 radical (unpaired) electrons. The third-order valence-corrected chi connectivity index (χ3v) is 5.46. The van der Waals surface area contributed by atoms with E-state index in [-0.39, 0.29) is 5.91 Å². The van der Waals surface area contributed by atoms with E-state index in [0.29, 0.717) is 28.6 Å². The number of hydrogen-bond acceptors (Lipinski definition) is 3. The highest BCUT2D eigenvalue weighted by Crippen LogP contribution is 2.24. The molecule has 1 N–H and O–H groups in total. The van der Waals surface area contributed by atoms with Gasteiger partial charge in [0.15, 0.2) is 0 Å². The molecular formula is C20H21Cl2NO2S. The molecule has 26 heavy (non-hydrogen) atoms. The number of hydrogen-bond donors (Lipinski definition) is 1. The van der Waals surface area contributed by atoms with Crippen LogP contribution in [0.3, 0.4) is 0 Å². The summed E-state index contributed by atoms with van der Waals surface area (Å²) < 4.78 is 5.30. The van der Waals surface area contributed by atoms with Crippen LogP contribution < -0.4 is 10.1 Å². The van der Waals surface area contributed by atoms with Crippen LogP contribution in [0, 0.1) is 0 Å². The summed E-state index contributed by atoms with van der Waals surface area (Å²) in [6, 6.07) is 11.0. The van der Waals surface area contributed by atoms with Crippen molar-refractivity contribution in [2.24, 2.45) is 0 Å². The van der Waals surface area contributed by atoms with Crippen molar-refractivity contribution >= 4 is 40.9 Å². The molecule has 138 valence electrons. The van der Waals surface area contributed by atoms with Crippen LogP contribution in [0.2, 0.25) is 10.0 Å². The van der Waals surface area contributed by atoms with Gasteiger partial charge in [-0.05, 0) is 47.9 Å². The van der Waals surface area contributed by atoms with Gasteiger partial charge < -0.3 is 10.1 Å². The molecule has 0 aliphatic carbocycles. The molecule has 2 aromatic carbocycles. The molecule has 0 fully saturated rings. The number of rotatable bonds is 9. The maximum Gasteiger partial charge on any atom is 0.251 e. The van der Waals surface area contributed by atoms with Gasteiger partial charge in [-0.25, -0.2) is 0 Å². The summed E-state index contributed by atoms with van der Waals surface area (Å²) in [7, 11) is 1.62. The van der Waals surface area contributed by atoms with Crippen LogP contribution in [0.25, 0.3) is 0 Å². The van der Waals surface area contributed by atoms with Crippen molar-refractivity contribution in [1.29, 1.82) is 0 Å². The molecule has 0 spiro atoms. The van der Waals surface area contributed by atoms with E-state index in [2.05, 4.69) is 11.9 Å². The number of carbonyl (C=O) groups is 1. The quantitative estimate of drug-likeness (QED) is 0.445. The van der Waals surface area contributed by atoms with E-state index in [4.69, 9.17) is 27.9 Å². The molecule has 0 bridgehead atoms. The standard InChI is InChI=1S/C20H21Cl2NO2S/c1-3-4-15-12-16(6-8-19(15)25-2)20(24)23-9-10-26-13-14-5-7-17(21)18(22)11-14/h3,5-8,11-12H,1,4,9-10,13H2,2H3,(H,23,24). The Labute approximate surface area is 168 Å². The van der Waals surface area contributed by atoms with Gasteiger partial charge >= 0.3 is 0 Å². The Morgan fingerprint density at radius 3 is 2.73 bits per heavy atom. The lowest BCUT2D eigenvalue weighted by Crippen LogP contribution is -2.25. The summed E-state index contributed by atoms with van der Waals surface area (Å²) in [6.07, 6.45) is 2.45. The fourth-order valence-corrected chi connectivity index (χ4v) is 3.52. The number of methoxy groups -OCH3 is 1. The fourth-order valence-electron chi connectivity index (χ4n) is 2.39. The Morgan fingerprint density at radius 1 is 1.23 bits per heavy atom. The number of amides is 1. The van der Waals surface area contributed by atoms with Crippen molar-refractivity contribution in [2.45, 2.75) is 12.2 Å². The predicted molar refractivity (Wildman–Crippen MR) is 112 cm³/mol. The van der Waals surface area contributed by atoms with Gasteiger partial charge in [-0.15, -0.1) is 6.58 Å². The second kappa shape index (κ2) is 10.5. The molecule has 0 aromatic heterocycles. The molecule has 1 amide bonds. The van der Waals surface area contributed by atoms with Gasteiger partial charge in [0.1, 0.15) is 5.75 Å². The van der Waals surface area contributed by atoms with E-state index in [1.54, 1.807) is 37.1 Å². The number of allylic oxidation sites excluding steroid dienone is 1. The molecule has 3 nitrogen and oxygen atoms in total. The first-order valence-corrected chi connectivity index (χ1v) is 10.0. The second-order valence-corrected chi connectivity index (χ2v) is 7.50. The first-order chi connectivity index (χ1) is 12.5. The minimum Gasteiger partial charge on any atom is -0.496 e. The number of nitrogens with one attached hydrogen (secondary N) is 1. The number of ether oxygens (including phenoxy) is 1. The van der Waals surface area contributed by atoms with Crippen LogP contribution in [0.5, 0.6) is 5.75 Å². The maximum absolute atomic E-state index is 12.3. The van der Waals surface area contributed by atoms with Crippen LogP contribution in [0.15, 0.2) is 49.1 Å². The Kier molecular flexibility index (Phi) is 8.36. The zero-order valence-electron chi connectivity index (χ0n) is 14.6. The third kappa shape index (κ3) is 5.97. The minimum absolute atomic E-state index is 0.0897. The third-order valence-electron chi connectivity index (χ3n) is 3.69. The lowest BCUT2D eigenvalue weighted by Gasteiger charge is -2.10. The summed E-state index contributed by atoms with van der Waals surface area (Å²) in [5.74, 6) is 2.30. The Morgan fingerprint density at radius 2 is 2.04 bits per heavy atom. The summed E-state index contributed by atoms with van der Waals surface area (Å²) in [5, 5.41) is 4.06. The molecule has 0 saturated carbocycles. The largest absolute Gasteiger partial charge is 0.496 e. The van der Waals surface area contributed by atoms with Crippen molar-refractivity contribution in [3.05, 3.63) is 75.8 Å². The predicted octanol–water partition coefficient (Wildman–Crippen LogP) is 5.39. The zero-order valence-corrected chi connectivity index (χ0v) is 16.9. The first-order valence-electron chi connectivity index (χ1n) is 8.13. The van der Waals surface area contributed by atoms with Crippen molar-refractivity contribution in [2.75, 3.05) is 19.4 Å². The van der Waals surface area contributed by atoms with E-state index in [1.165, 1.54) is 0 Å². The molecular weight excluding hydrogens is 389 g/mol. The highest BCUT2D eigenvalue weighted by atomic mass is 35.5. The average molecular weight is 410 g/mol. The van der Waals surface area contributed by atoms with Crippen molar-refractivity contribution < 1.29 is 9.53 Å². The molecule has 2 aromatic rings. The van der Waals surface area contributed by atoms with Crippen LogP contribution >= 0.6 is 35.0 Å². The zero-order chi connectivity index (χ0) is 18.9. The van der Waals surface area contributed by atoms with Gasteiger partial charge in [-0.1, -0.05) is 35.3 Å². The van der Waals surface area contributed by atoms with E-state index < -0.39 is 0 Å². The molecule has 6 heteroatoms. The highest BCUT2D eigenvalue weighted by molar-refractivity contribution is 7.98. The Balaban J connectivity index is 1.80. The molecule has 0 atom stereocenters. The highest BCUT2D eigenvalue weighted by Gasteiger charge is 2.09. The van der Waals surface area contributed by atoms with E-state index in [9.17, 15) is 4.79 Å². The smallest absolute Gasteiger partial charge is 0.251 e. The summed E-state index contributed by atoms with van der Waals surface area (Å²) in [4.78, 5) is 12.3. The molecule has 0 aliphatic rings. The number of halogens is 2. The van der Waals surface area contributed by atoms with Gasteiger partial charge in [-0.3, -0.25) is 4.79 Å². The Bertz CT molecular complexity index is 780. The van der Waals surface area contributed by atoms with Crippen molar-refractivity contribution in [3.63, 3.8) is 0 Å². The maximum atomic E-state index is 12.3. The topological polar surface area (TPSA) is 38.3 Å². The van der Waals surface area contributed by atoms with Crippen LogP contribution in [0.4, 0.5) is 0 Å². The minimum atomic E-state index is -0.0897. The van der Waals surface area contributed by atoms with E-state index in [0.717, 1.165) is 28.4 Å². The van der Waals surface area contributed by atoms with Crippen molar-refractivity contribution in [3.8, 4) is 5.75 Å². The fraction of sp³-hybridized carbons (Fsp3) is 0.250. The first kappa shape index (κ1) is 20.7. The molecule has 0 heterocycles.